The van der Waals surface area contributed by atoms with Gasteiger partial charge in [0, 0.05) is 37.2 Å². The van der Waals surface area contributed by atoms with E-state index in [9.17, 15) is 4.79 Å². The summed E-state index contributed by atoms with van der Waals surface area (Å²) in [7, 11) is 0. The molecule has 0 radical (unpaired) electrons. The van der Waals surface area contributed by atoms with Crippen LogP contribution < -0.4 is 0 Å². The van der Waals surface area contributed by atoms with Gasteiger partial charge in [-0.15, -0.1) is 0 Å². The van der Waals surface area contributed by atoms with Crippen molar-refractivity contribution in [1.29, 1.82) is 0 Å². The van der Waals surface area contributed by atoms with E-state index in [2.05, 4.69) is 17.0 Å². The number of carbonyl (C=O) groups excluding carboxylic acids is 1. The molecule has 3 heterocycles. The first-order chi connectivity index (χ1) is 10.3. The SMILES string of the molecule is CC[C@@H]1CN2CCC[C@@H]2CN1C(=O)c1cc(C2CC2)on1. The van der Waals surface area contributed by atoms with Crippen LogP contribution in [0.25, 0.3) is 0 Å². The Kier molecular flexibility index (Phi) is 3.25. The maximum absolute atomic E-state index is 12.8. The second-order valence-electron chi connectivity index (χ2n) is 6.70. The molecule has 5 heteroatoms. The number of fused-ring (bicyclic) bond motifs is 1. The van der Waals surface area contributed by atoms with Crippen molar-refractivity contribution in [2.24, 2.45) is 0 Å². The van der Waals surface area contributed by atoms with Crippen LogP contribution in [-0.4, -0.2) is 52.6 Å². The van der Waals surface area contributed by atoms with Crippen molar-refractivity contribution in [2.45, 2.75) is 57.0 Å². The van der Waals surface area contributed by atoms with Crippen LogP contribution in [0.1, 0.15) is 61.2 Å². The first-order valence-corrected chi connectivity index (χ1v) is 8.28. The number of aromatic nitrogens is 1. The lowest BCUT2D eigenvalue weighted by atomic mass is 10.0. The van der Waals surface area contributed by atoms with E-state index in [0.717, 1.165) is 25.3 Å². The molecule has 114 valence electrons. The molecule has 1 amide bonds. The van der Waals surface area contributed by atoms with E-state index >= 15 is 0 Å². The number of rotatable bonds is 3. The van der Waals surface area contributed by atoms with E-state index in [1.54, 1.807) is 0 Å². The van der Waals surface area contributed by atoms with Crippen LogP contribution >= 0.6 is 0 Å². The number of hydrogen-bond acceptors (Lipinski definition) is 4. The van der Waals surface area contributed by atoms with Gasteiger partial charge in [0.15, 0.2) is 5.69 Å². The highest BCUT2D eigenvalue weighted by atomic mass is 16.5. The quantitative estimate of drug-likeness (QED) is 0.856. The van der Waals surface area contributed by atoms with Crippen LogP contribution in [-0.2, 0) is 0 Å². The maximum Gasteiger partial charge on any atom is 0.276 e. The van der Waals surface area contributed by atoms with Crippen LogP contribution in [0.3, 0.4) is 0 Å². The molecule has 1 aliphatic carbocycles. The predicted octanol–water partition coefficient (Wildman–Crippen LogP) is 2.25. The zero-order valence-electron chi connectivity index (χ0n) is 12.6. The molecule has 0 aromatic carbocycles. The van der Waals surface area contributed by atoms with Crippen LogP contribution in [0.15, 0.2) is 10.6 Å². The van der Waals surface area contributed by atoms with Gasteiger partial charge in [0.05, 0.1) is 0 Å². The Labute approximate surface area is 125 Å². The Hall–Kier alpha value is -1.36. The molecule has 0 spiro atoms. The third-order valence-electron chi connectivity index (χ3n) is 5.25. The van der Waals surface area contributed by atoms with E-state index in [4.69, 9.17) is 4.52 Å². The van der Waals surface area contributed by atoms with Crippen LogP contribution in [0.4, 0.5) is 0 Å². The fraction of sp³-hybridized carbons (Fsp3) is 0.750. The molecule has 1 saturated carbocycles. The Morgan fingerprint density at radius 2 is 2.24 bits per heavy atom. The summed E-state index contributed by atoms with van der Waals surface area (Å²) in [6.07, 6.45) is 5.82. The second-order valence-corrected chi connectivity index (χ2v) is 6.70. The van der Waals surface area contributed by atoms with Gasteiger partial charge >= 0.3 is 0 Å². The van der Waals surface area contributed by atoms with Crippen molar-refractivity contribution >= 4 is 5.91 Å². The van der Waals surface area contributed by atoms with Gasteiger partial charge in [-0.3, -0.25) is 9.69 Å². The van der Waals surface area contributed by atoms with Crippen LogP contribution in [0.5, 0.6) is 0 Å². The smallest absolute Gasteiger partial charge is 0.276 e. The van der Waals surface area contributed by atoms with E-state index in [-0.39, 0.29) is 5.91 Å². The molecule has 2 saturated heterocycles. The molecule has 5 nitrogen and oxygen atoms in total. The first-order valence-electron chi connectivity index (χ1n) is 8.28. The van der Waals surface area contributed by atoms with Gasteiger partial charge in [0.25, 0.3) is 5.91 Å². The van der Waals surface area contributed by atoms with E-state index < -0.39 is 0 Å². The Balaban J connectivity index is 1.53. The Morgan fingerprint density at radius 3 is 3.00 bits per heavy atom. The van der Waals surface area contributed by atoms with Gasteiger partial charge in [-0.1, -0.05) is 12.1 Å². The summed E-state index contributed by atoms with van der Waals surface area (Å²) in [5, 5.41) is 4.03. The molecule has 1 aromatic heterocycles. The fourth-order valence-corrected chi connectivity index (χ4v) is 3.78. The number of piperazine rings is 1. The van der Waals surface area contributed by atoms with Crippen molar-refractivity contribution in [1.82, 2.24) is 15.0 Å². The van der Waals surface area contributed by atoms with Crippen molar-refractivity contribution in [3.63, 3.8) is 0 Å². The van der Waals surface area contributed by atoms with Crippen LogP contribution in [0, 0.1) is 0 Å². The molecule has 1 aromatic rings. The standard InChI is InChI=1S/C16H23N3O2/c1-2-12-9-18-7-3-4-13(18)10-19(12)16(20)14-8-15(21-17-14)11-5-6-11/h8,11-13H,2-7,9-10H2,1H3/t12-,13-/m1/s1. The van der Waals surface area contributed by atoms with Gasteiger partial charge in [-0.05, 0) is 38.6 Å². The molecule has 0 N–H and O–H groups in total. The molecule has 0 bridgehead atoms. The lowest BCUT2D eigenvalue weighted by Gasteiger charge is -2.43. The summed E-state index contributed by atoms with van der Waals surface area (Å²) < 4.78 is 5.35. The lowest BCUT2D eigenvalue weighted by molar-refractivity contribution is 0.0337. The third-order valence-corrected chi connectivity index (χ3v) is 5.25. The average molecular weight is 289 g/mol. The zero-order valence-corrected chi connectivity index (χ0v) is 12.6. The summed E-state index contributed by atoms with van der Waals surface area (Å²) in [4.78, 5) is 17.4. The molecule has 21 heavy (non-hydrogen) atoms. The second kappa shape index (κ2) is 5.13. The minimum atomic E-state index is 0.0593. The monoisotopic (exact) mass is 289 g/mol. The lowest BCUT2D eigenvalue weighted by Crippen LogP contribution is -2.57. The van der Waals surface area contributed by atoms with Crippen molar-refractivity contribution in [2.75, 3.05) is 19.6 Å². The largest absolute Gasteiger partial charge is 0.360 e. The third kappa shape index (κ3) is 2.37. The van der Waals surface area contributed by atoms with E-state index in [1.165, 1.54) is 32.2 Å². The summed E-state index contributed by atoms with van der Waals surface area (Å²) in [5.74, 6) is 1.46. The summed E-state index contributed by atoms with van der Waals surface area (Å²) in [6, 6.07) is 2.73. The summed E-state index contributed by atoms with van der Waals surface area (Å²) in [6.45, 7) is 5.22. The first kappa shape index (κ1) is 13.3. The normalized spacial score (nSPS) is 29.7. The Bertz CT molecular complexity index is 537. The van der Waals surface area contributed by atoms with Crippen molar-refractivity contribution in [3.8, 4) is 0 Å². The zero-order chi connectivity index (χ0) is 14.4. The van der Waals surface area contributed by atoms with Gasteiger partial charge in [-0.2, -0.15) is 0 Å². The maximum atomic E-state index is 12.8. The number of hydrogen-bond donors (Lipinski definition) is 0. The molecule has 3 aliphatic rings. The topological polar surface area (TPSA) is 49.6 Å². The van der Waals surface area contributed by atoms with Crippen molar-refractivity contribution < 1.29 is 9.32 Å². The molecule has 3 fully saturated rings. The molecular formula is C16H23N3O2. The van der Waals surface area contributed by atoms with E-state index in [0.29, 0.717) is 23.7 Å². The van der Waals surface area contributed by atoms with Gasteiger partial charge < -0.3 is 9.42 Å². The summed E-state index contributed by atoms with van der Waals surface area (Å²) >= 11 is 0. The van der Waals surface area contributed by atoms with Crippen molar-refractivity contribution in [3.05, 3.63) is 17.5 Å². The fourth-order valence-electron chi connectivity index (χ4n) is 3.78. The van der Waals surface area contributed by atoms with Crippen LogP contribution in [0.2, 0.25) is 0 Å². The van der Waals surface area contributed by atoms with Gasteiger partial charge in [-0.25, -0.2) is 0 Å². The molecule has 2 aliphatic heterocycles. The van der Waals surface area contributed by atoms with E-state index in [1.807, 2.05) is 11.0 Å². The number of carbonyl (C=O) groups is 1. The minimum Gasteiger partial charge on any atom is -0.360 e. The average Bonchev–Trinajstić information content (AvgIpc) is 3.07. The summed E-state index contributed by atoms with van der Waals surface area (Å²) in [5.41, 5.74) is 0.502. The molecular weight excluding hydrogens is 266 g/mol. The highest BCUT2D eigenvalue weighted by Crippen LogP contribution is 2.40. The molecule has 0 unspecified atom stereocenters. The number of nitrogens with zero attached hydrogens (tertiary/aromatic N) is 3. The highest BCUT2D eigenvalue weighted by molar-refractivity contribution is 5.92. The predicted molar refractivity (Wildman–Crippen MR) is 78.2 cm³/mol. The highest BCUT2D eigenvalue weighted by Gasteiger charge is 2.39. The minimum absolute atomic E-state index is 0.0593. The molecule has 4 rings (SSSR count). The number of amides is 1. The van der Waals surface area contributed by atoms with Gasteiger partial charge in [0.1, 0.15) is 5.76 Å². The molecule has 2 atom stereocenters. The Morgan fingerprint density at radius 1 is 1.38 bits per heavy atom. The van der Waals surface area contributed by atoms with Gasteiger partial charge in [0.2, 0.25) is 0 Å².